The summed E-state index contributed by atoms with van der Waals surface area (Å²) in [6, 6.07) is 13.9. The minimum Gasteiger partial charge on any atom is -0.212 e. The van der Waals surface area contributed by atoms with Gasteiger partial charge in [-0.2, -0.15) is 0 Å². The van der Waals surface area contributed by atoms with Gasteiger partial charge in [-0.1, -0.05) is 42.5 Å². The molecule has 0 aliphatic heterocycles. The molecule has 2 aromatic carbocycles. The van der Waals surface area contributed by atoms with Gasteiger partial charge in [0.25, 0.3) is 0 Å². The second-order valence-corrected chi connectivity index (χ2v) is 5.96. The topological polar surface area (TPSA) is 46.2 Å². The average molecular weight is 249 g/mol. The first-order chi connectivity index (χ1) is 8.12. The maximum atomic E-state index is 11.4. The third kappa shape index (κ3) is 2.84. The Morgan fingerprint density at radius 3 is 2.53 bits per heavy atom. The molecule has 0 radical (unpaired) electrons. The molecule has 0 amide bonds. The third-order valence-electron chi connectivity index (χ3n) is 2.74. The molecular formula is C13H15NO2S. The van der Waals surface area contributed by atoms with Crippen LogP contribution in [0.5, 0.6) is 0 Å². The third-order valence-corrected chi connectivity index (χ3v) is 4.09. The number of sulfonamides is 1. The summed E-state index contributed by atoms with van der Waals surface area (Å²) < 4.78 is 25.4. The van der Waals surface area contributed by atoms with Gasteiger partial charge in [0.1, 0.15) is 0 Å². The monoisotopic (exact) mass is 249 g/mol. The summed E-state index contributed by atoms with van der Waals surface area (Å²) in [5.41, 5.74) is 1.00. The van der Waals surface area contributed by atoms with E-state index in [1.165, 1.54) is 0 Å². The Balaban J connectivity index is 2.31. The molecule has 1 N–H and O–H groups in total. The predicted octanol–water partition coefficient (Wildman–Crippen LogP) is 2.28. The van der Waals surface area contributed by atoms with Gasteiger partial charge < -0.3 is 0 Å². The van der Waals surface area contributed by atoms with E-state index >= 15 is 0 Å². The van der Waals surface area contributed by atoms with Crippen molar-refractivity contribution in [2.45, 2.75) is 13.5 Å². The predicted molar refractivity (Wildman–Crippen MR) is 70.2 cm³/mol. The molecule has 0 saturated carbocycles. The van der Waals surface area contributed by atoms with Crippen molar-refractivity contribution in [2.75, 3.05) is 5.75 Å². The van der Waals surface area contributed by atoms with Crippen molar-refractivity contribution in [1.82, 2.24) is 4.72 Å². The lowest BCUT2D eigenvalue weighted by Crippen LogP contribution is -2.24. The highest BCUT2D eigenvalue weighted by atomic mass is 32.2. The number of hydrogen-bond acceptors (Lipinski definition) is 2. The van der Waals surface area contributed by atoms with E-state index < -0.39 is 10.0 Å². The van der Waals surface area contributed by atoms with Crippen LogP contribution in [0.3, 0.4) is 0 Å². The fraction of sp³-hybridized carbons (Fsp3) is 0.231. The van der Waals surface area contributed by atoms with E-state index in [0.717, 1.165) is 16.3 Å². The van der Waals surface area contributed by atoms with Crippen LogP contribution in [0.4, 0.5) is 0 Å². The maximum Gasteiger partial charge on any atom is 0.211 e. The summed E-state index contributed by atoms with van der Waals surface area (Å²) in [6.07, 6.45) is 0. The standard InChI is InChI=1S/C13H15NO2S/c1-2-17(15,16)14-10-12-8-5-7-11-6-3-4-9-13(11)12/h3-9,14H,2,10H2,1H3. The smallest absolute Gasteiger partial charge is 0.211 e. The molecule has 3 nitrogen and oxygen atoms in total. The number of nitrogens with one attached hydrogen (secondary N) is 1. The summed E-state index contributed by atoms with van der Waals surface area (Å²) in [6.45, 7) is 1.98. The van der Waals surface area contributed by atoms with Gasteiger partial charge in [-0.3, -0.25) is 0 Å². The van der Waals surface area contributed by atoms with E-state index in [1.807, 2.05) is 42.5 Å². The molecule has 0 aromatic heterocycles. The van der Waals surface area contributed by atoms with Crippen LogP contribution in [0, 0.1) is 0 Å². The van der Waals surface area contributed by atoms with E-state index in [4.69, 9.17) is 0 Å². The molecule has 0 aliphatic rings. The molecule has 0 heterocycles. The lowest BCUT2D eigenvalue weighted by Gasteiger charge is -2.07. The molecule has 2 rings (SSSR count). The van der Waals surface area contributed by atoms with Crippen LogP contribution >= 0.6 is 0 Å². The minimum atomic E-state index is -3.14. The highest BCUT2D eigenvalue weighted by Crippen LogP contribution is 2.18. The number of hydrogen-bond donors (Lipinski definition) is 1. The zero-order valence-corrected chi connectivity index (χ0v) is 10.5. The van der Waals surface area contributed by atoms with Crippen molar-refractivity contribution in [3.63, 3.8) is 0 Å². The van der Waals surface area contributed by atoms with Gasteiger partial charge in [-0.15, -0.1) is 0 Å². The van der Waals surface area contributed by atoms with E-state index in [9.17, 15) is 8.42 Å². The number of fused-ring (bicyclic) bond motifs is 1. The first-order valence-corrected chi connectivity index (χ1v) is 7.21. The average Bonchev–Trinajstić information content (AvgIpc) is 2.36. The largest absolute Gasteiger partial charge is 0.212 e. The molecule has 2 aromatic rings. The molecule has 90 valence electrons. The second kappa shape index (κ2) is 4.85. The van der Waals surface area contributed by atoms with Gasteiger partial charge in [0.05, 0.1) is 5.75 Å². The first kappa shape index (κ1) is 12.1. The molecule has 17 heavy (non-hydrogen) atoms. The normalized spacial score (nSPS) is 11.8. The van der Waals surface area contributed by atoms with Gasteiger partial charge in [-0.05, 0) is 23.3 Å². The summed E-state index contributed by atoms with van der Waals surface area (Å²) >= 11 is 0. The summed E-state index contributed by atoms with van der Waals surface area (Å²) in [5.74, 6) is 0.109. The van der Waals surface area contributed by atoms with Crippen molar-refractivity contribution in [3.8, 4) is 0 Å². The fourth-order valence-electron chi connectivity index (χ4n) is 1.74. The van der Waals surface area contributed by atoms with Crippen LogP contribution in [0.1, 0.15) is 12.5 Å². The Morgan fingerprint density at radius 1 is 1.06 bits per heavy atom. The first-order valence-electron chi connectivity index (χ1n) is 5.56. The van der Waals surface area contributed by atoms with Crippen LogP contribution in [0.25, 0.3) is 10.8 Å². The molecule has 0 bridgehead atoms. The number of rotatable bonds is 4. The molecular weight excluding hydrogens is 234 g/mol. The van der Waals surface area contributed by atoms with Crippen molar-refractivity contribution < 1.29 is 8.42 Å². The van der Waals surface area contributed by atoms with Crippen molar-refractivity contribution in [3.05, 3.63) is 48.0 Å². The van der Waals surface area contributed by atoms with Crippen LogP contribution in [0.2, 0.25) is 0 Å². The molecule has 0 spiro atoms. The Bertz CT molecular complexity index is 615. The van der Waals surface area contributed by atoms with Crippen LogP contribution in [-0.2, 0) is 16.6 Å². The molecule has 0 fully saturated rings. The zero-order valence-electron chi connectivity index (χ0n) is 9.68. The summed E-state index contributed by atoms with van der Waals surface area (Å²) in [5, 5.41) is 2.22. The quantitative estimate of drug-likeness (QED) is 0.903. The van der Waals surface area contributed by atoms with E-state index in [0.29, 0.717) is 6.54 Å². The lowest BCUT2D eigenvalue weighted by molar-refractivity contribution is 0.583. The van der Waals surface area contributed by atoms with E-state index in [2.05, 4.69) is 4.72 Å². The number of benzene rings is 2. The van der Waals surface area contributed by atoms with Gasteiger partial charge in [-0.25, -0.2) is 13.1 Å². The summed E-state index contributed by atoms with van der Waals surface area (Å²) in [4.78, 5) is 0. The Kier molecular flexibility index (Phi) is 3.45. The molecule has 0 aliphatic carbocycles. The fourth-order valence-corrected chi connectivity index (χ4v) is 2.32. The van der Waals surface area contributed by atoms with Gasteiger partial charge in [0.15, 0.2) is 0 Å². The van der Waals surface area contributed by atoms with Crippen molar-refractivity contribution in [1.29, 1.82) is 0 Å². The SMILES string of the molecule is CCS(=O)(=O)NCc1cccc2ccccc12. The minimum absolute atomic E-state index is 0.109. The molecule has 0 saturated heterocycles. The maximum absolute atomic E-state index is 11.4. The zero-order chi connectivity index (χ0) is 12.3. The van der Waals surface area contributed by atoms with Gasteiger partial charge in [0.2, 0.25) is 10.0 Å². The lowest BCUT2D eigenvalue weighted by atomic mass is 10.1. The van der Waals surface area contributed by atoms with Crippen molar-refractivity contribution >= 4 is 20.8 Å². The van der Waals surface area contributed by atoms with Crippen LogP contribution in [0.15, 0.2) is 42.5 Å². The summed E-state index contributed by atoms with van der Waals surface area (Å²) in [7, 11) is -3.14. The molecule has 0 atom stereocenters. The second-order valence-electron chi connectivity index (χ2n) is 3.86. The van der Waals surface area contributed by atoms with Gasteiger partial charge in [0, 0.05) is 6.54 Å². The Morgan fingerprint density at radius 2 is 1.76 bits per heavy atom. The molecule has 0 unspecified atom stereocenters. The van der Waals surface area contributed by atoms with E-state index in [-0.39, 0.29) is 5.75 Å². The van der Waals surface area contributed by atoms with Crippen molar-refractivity contribution in [2.24, 2.45) is 0 Å². The Hall–Kier alpha value is -1.39. The van der Waals surface area contributed by atoms with E-state index in [1.54, 1.807) is 6.92 Å². The van der Waals surface area contributed by atoms with Crippen LogP contribution in [-0.4, -0.2) is 14.2 Å². The molecule has 4 heteroatoms. The van der Waals surface area contributed by atoms with Gasteiger partial charge >= 0.3 is 0 Å². The highest BCUT2D eigenvalue weighted by Gasteiger charge is 2.07. The van der Waals surface area contributed by atoms with Crippen LogP contribution < -0.4 is 4.72 Å². The Labute approximate surface area is 102 Å². The highest BCUT2D eigenvalue weighted by molar-refractivity contribution is 7.89.